The first kappa shape index (κ1) is 21.0. The zero-order valence-electron chi connectivity index (χ0n) is 14.7. The van der Waals surface area contributed by atoms with Crippen LogP contribution in [0.3, 0.4) is 0 Å². The van der Waals surface area contributed by atoms with Gasteiger partial charge in [-0.1, -0.05) is 12.1 Å². The van der Waals surface area contributed by atoms with Crippen molar-refractivity contribution in [1.82, 2.24) is 10.3 Å². The lowest BCUT2D eigenvalue weighted by molar-refractivity contribution is -0.154. The summed E-state index contributed by atoms with van der Waals surface area (Å²) in [6, 6.07) is 8.50. The zero-order chi connectivity index (χ0) is 20.7. The number of nitrogens with zero attached hydrogens (tertiary/aromatic N) is 1. The third kappa shape index (κ3) is 6.78. The Hall–Kier alpha value is -3.30. The van der Waals surface area contributed by atoms with E-state index in [-0.39, 0.29) is 11.4 Å². The van der Waals surface area contributed by atoms with Crippen molar-refractivity contribution in [2.75, 3.05) is 13.2 Å². The van der Waals surface area contributed by atoms with Gasteiger partial charge in [0.25, 0.3) is 5.91 Å². The molecule has 0 radical (unpaired) electrons. The van der Waals surface area contributed by atoms with Crippen LogP contribution < -0.4 is 14.8 Å². The first-order valence-electron chi connectivity index (χ1n) is 8.05. The number of carboxylic acids is 1. The fraction of sp³-hybridized carbons (Fsp3) is 0.278. The summed E-state index contributed by atoms with van der Waals surface area (Å²) < 4.78 is 46.2. The minimum absolute atomic E-state index is 0.0976. The molecule has 10 heteroatoms. The summed E-state index contributed by atoms with van der Waals surface area (Å²) in [5, 5.41) is 11.3. The van der Waals surface area contributed by atoms with Crippen molar-refractivity contribution in [2.24, 2.45) is 0 Å². The average Bonchev–Trinajstić information content (AvgIpc) is 2.64. The van der Waals surface area contributed by atoms with Gasteiger partial charge in [0.05, 0.1) is 6.04 Å². The number of hydrogen-bond acceptors (Lipinski definition) is 5. The van der Waals surface area contributed by atoms with Gasteiger partial charge in [0, 0.05) is 17.8 Å². The Bertz CT molecular complexity index is 825. The molecule has 0 bridgehead atoms. The third-order valence-electron chi connectivity index (χ3n) is 3.47. The molecule has 1 aromatic heterocycles. The number of amides is 1. The second-order valence-electron chi connectivity index (χ2n) is 5.73. The molecule has 1 atom stereocenters. The van der Waals surface area contributed by atoms with Crippen molar-refractivity contribution in [3.63, 3.8) is 0 Å². The van der Waals surface area contributed by atoms with Crippen LogP contribution >= 0.6 is 0 Å². The molecule has 2 N–H and O–H groups in total. The van der Waals surface area contributed by atoms with Gasteiger partial charge in [0.15, 0.2) is 13.2 Å². The van der Waals surface area contributed by atoms with Gasteiger partial charge in [-0.3, -0.25) is 4.79 Å². The third-order valence-corrected chi connectivity index (χ3v) is 3.47. The summed E-state index contributed by atoms with van der Waals surface area (Å²) in [7, 11) is 0. The second-order valence-corrected chi connectivity index (χ2v) is 5.73. The number of carbonyl (C=O) groups is 2. The molecule has 0 fully saturated rings. The number of ether oxygens (including phenoxy) is 2. The van der Waals surface area contributed by atoms with E-state index in [0.717, 1.165) is 11.6 Å². The number of hydrogen-bond donors (Lipinski definition) is 2. The molecule has 1 amide bonds. The lowest BCUT2D eigenvalue weighted by Gasteiger charge is -2.15. The number of halogens is 3. The Morgan fingerprint density at radius 3 is 2.46 bits per heavy atom. The van der Waals surface area contributed by atoms with Crippen LogP contribution in [0.4, 0.5) is 13.2 Å². The molecular formula is C18H17F3N2O5. The largest absolute Gasteiger partial charge is 0.482 e. The number of benzene rings is 1. The number of carboxylic acid groups (broad SMARTS) is 1. The van der Waals surface area contributed by atoms with E-state index in [1.54, 1.807) is 31.2 Å². The molecule has 0 saturated heterocycles. The molecule has 2 aromatic rings. The molecule has 150 valence electrons. The topological polar surface area (TPSA) is 97.8 Å². The van der Waals surface area contributed by atoms with Crippen LogP contribution in [0.25, 0.3) is 0 Å². The van der Waals surface area contributed by atoms with Crippen LogP contribution in [0, 0.1) is 0 Å². The number of alkyl halides is 3. The second kappa shape index (κ2) is 9.07. The van der Waals surface area contributed by atoms with E-state index < -0.39 is 37.3 Å². The van der Waals surface area contributed by atoms with E-state index >= 15 is 0 Å². The highest BCUT2D eigenvalue weighted by Crippen LogP contribution is 2.20. The minimum Gasteiger partial charge on any atom is -0.482 e. The fourth-order valence-electron chi connectivity index (χ4n) is 2.15. The number of aliphatic carboxylic acids is 1. The summed E-state index contributed by atoms with van der Waals surface area (Å²) in [5.74, 6) is -1.55. The van der Waals surface area contributed by atoms with Gasteiger partial charge in [-0.05, 0) is 30.7 Å². The van der Waals surface area contributed by atoms with E-state index in [4.69, 9.17) is 9.84 Å². The van der Waals surface area contributed by atoms with Crippen molar-refractivity contribution in [3.05, 3.63) is 53.7 Å². The monoisotopic (exact) mass is 398 g/mol. The summed E-state index contributed by atoms with van der Waals surface area (Å²) in [6.45, 7) is -0.253. The van der Waals surface area contributed by atoms with Gasteiger partial charge in [0.2, 0.25) is 5.88 Å². The molecule has 28 heavy (non-hydrogen) atoms. The molecule has 2 rings (SSSR count). The highest BCUT2D eigenvalue weighted by molar-refractivity contribution is 5.94. The lowest BCUT2D eigenvalue weighted by Crippen LogP contribution is -2.26. The maximum atomic E-state index is 12.3. The molecule has 1 aromatic carbocycles. The molecule has 0 aliphatic rings. The predicted octanol–water partition coefficient (Wildman–Crippen LogP) is 2.98. The van der Waals surface area contributed by atoms with Crippen LogP contribution in [-0.2, 0) is 4.79 Å². The Balaban J connectivity index is 1.97. The first-order chi connectivity index (χ1) is 13.1. The molecular weight excluding hydrogens is 381 g/mol. The molecule has 0 spiro atoms. The Kier molecular flexibility index (Phi) is 6.80. The number of rotatable bonds is 8. The number of carbonyl (C=O) groups excluding carboxylic acids is 1. The standard InChI is InChI=1S/C18H17F3N2O5/c1-11(12-2-4-14(5-3-12)27-9-16(24)25)23-17(26)13-6-7-22-15(8-13)28-10-18(19,20)21/h2-8,11H,9-10H2,1H3,(H,23,26)(H,24,25). The van der Waals surface area contributed by atoms with Gasteiger partial charge >= 0.3 is 12.1 Å². The van der Waals surface area contributed by atoms with Crippen molar-refractivity contribution < 1.29 is 37.3 Å². The SMILES string of the molecule is CC(NC(=O)c1ccnc(OCC(F)(F)F)c1)c1ccc(OCC(=O)O)cc1. The van der Waals surface area contributed by atoms with Crippen LogP contribution in [-0.4, -0.2) is 41.4 Å². The van der Waals surface area contributed by atoms with Crippen LogP contribution in [0.15, 0.2) is 42.6 Å². The Labute approximate surface area is 158 Å². The van der Waals surface area contributed by atoms with Crippen LogP contribution in [0.1, 0.15) is 28.9 Å². The summed E-state index contributed by atoms with van der Waals surface area (Å²) >= 11 is 0. The molecule has 0 saturated carbocycles. The van der Waals surface area contributed by atoms with Gasteiger partial charge in [0.1, 0.15) is 5.75 Å². The molecule has 1 unspecified atom stereocenters. The van der Waals surface area contributed by atoms with Crippen molar-refractivity contribution in [1.29, 1.82) is 0 Å². The van der Waals surface area contributed by atoms with E-state index in [1.807, 2.05) is 0 Å². The molecule has 0 aliphatic carbocycles. The highest BCUT2D eigenvalue weighted by Gasteiger charge is 2.28. The normalized spacial score (nSPS) is 12.1. The molecule has 0 aliphatic heterocycles. The van der Waals surface area contributed by atoms with Gasteiger partial charge < -0.3 is 19.9 Å². The Morgan fingerprint density at radius 1 is 1.18 bits per heavy atom. The number of nitrogens with one attached hydrogen (secondary N) is 1. The minimum atomic E-state index is -4.51. The maximum absolute atomic E-state index is 12.3. The molecule has 1 heterocycles. The maximum Gasteiger partial charge on any atom is 0.422 e. The summed E-state index contributed by atoms with van der Waals surface area (Å²) in [4.78, 5) is 26.4. The van der Waals surface area contributed by atoms with Crippen LogP contribution in [0.5, 0.6) is 11.6 Å². The van der Waals surface area contributed by atoms with Gasteiger partial charge in [-0.15, -0.1) is 0 Å². The smallest absolute Gasteiger partial charge is 0.422 e. The number of pyridine rings is 1. The quantitative estimate of drug-likeness (QED) is 0.710. The summed E-state index contributed by atoms with van der Waals surface area (Å²) in [5.41, 5.74) is 0.819. The van der Waals surface area contributed by atoms with Crippen LogP contribution in [0.2, 0.25) is 0 Å². The highest BCUT2D eigenvalue weighted by atomic mass is 19.4. The van der Waals surface area contributed by atoms with E-state index in [9.17, 15) is 22.8 Å². The number of aromatic nitrogens is 1. The van der Waals surface area contributed by atoms with Crippen molar-refractivity contribution in [2.45, 2.75) is 19.1 Å². The van der Waals surface area contributed by atoms with Gasteiger partial charge in [-0.2, -0.15) is 13.2 Å². The molecule has 7 nitrogen and oxygen atoms in total. The Morgan fingerprint density at radius 2 is 1.86 bits per heavy atom. The predicted molar refractivity (Wildman–Crippen MR) is 91.2 cm³/mol. The van der Waals surface area contributed by atoms with Gasteiger partial charge in [-0.25, -0.2) is 9.78 Å². The first-order valence-corrected chi connectivity index (χ1v) is 8.05. The average molecular weight is 398 g/mol. The lowest BCUT2D eigenvalue weighted by atomic mass is 10.1. The van der Waals surface area contributed by atoms with E-state index in [2.05, 4.69) is 15.0 Å². The fourth-order valence-corrected chi connectivity index (χ4v) is 2.15. The van der Waals surface area contributed by atoms with Crippen molar-refractivity contribution in [3.8, 4) is 11.6 Å². The van der Waals surface area contributed by atoms with E-state index in [0.29, 0.717) is 5.75 Å². The summed E-state index contributed by atoms with van der Waals surface area (Å²) in [6.07, 6.45) is -3.32. The van der Waals surface area contributed by atoms with E-state index in [1.165, 1.54) is 12.3 Å². The van der Waals surface area contributed by atoms with Crippen molar-refractivity contribution >= 4 is 11.9 Å². The zero-order valence-corrected chi connectivity index (χ0v) is 14.7.